The van der Waals surface area contributed by atoms with Gasteiger partial charge in [-0.2, -0.15) is 0 Å². The number of carbonyl (C=O) groups excluding carboxylic acids is 2. The molecule has 0 aromatic heterocycles. The topological polar surface area (TPSA) is 116 Å². The lowest BCUT2D eigenvalue weighted by Gasteiger charge is -2.23. The lowest BCUT2D eigenvalue weighted by Crippen LogP contribution is -2.46. The largest absolute Gasteiger partial charge is 0.353 e. The number of rotatable bonds is 8. The number of nitrogens with one attached hydrogen (secondary N) is 4. The quantitative estimate of drug-likeness (QED) is 0.440. The van der Waals surface area contributed by atoms with Crippen molar-refractivity contribution >= 4 is 21.8 Å². The molecule has 8 nitrogen and oxygen atoms in total. The van der Waals surface area contributed by atoms with E-state index in [4.69, 9.17) is 0 Å². The molecule has 1 aliphatic rings. The van der Waals surface area contributed by atoms with Crippen molar-refractivity contribution in [1.82, 2.24) is 20.7 Å². The summed E-state index contributed by atoms with van der Waals surface area (Å²) >= 11 is 0. The Balaban J connectivity index is 2.26. The van der Waals surface area contributed by atoms with Crippen molar-refractivity contribution in [3.05, 3.63) is 0 Å². The molecule has 0 unspecified atom stereocenters. The maximum absolute atomic E-state index is 11.7. The van der Waals surface area contributed by atoms with Crippen LogP contribution in [0.25, 0.3) is 0 Å². The Labute approximate surface area is 131 Å². The summed E-state index contributed by atoms with van der Waals surface area (Å²) in [6.45, 7) is 4.93. The van der Waals surface area contributed by atoms with Crippen molar-refractivity contribution in [3.8, 4) is 0 Å². The number of carbonyl (C=O) groups is 2. The van der Waals surface area contributed by atoms with Crippen molar-refractivity contribution in [3.63, 3.8) is 0 Å². The first-order valence-electron chi connectivity index (χ1n) is 7.55. The summed E-state index contributed by atoms with van der Waals surface area (Å²) in [5, 5.41) is 8.56. The van der Waals surface area contributed by atoms with Gasteiger partial charge in [0.05, 0.1) is 12.3 Å². The first kappa shape index (κ1) is 18.9. The number of hydrogen-bond donors (Lipinski definition) is 4. The molecular formula is C13H26N4O4S. The van der Waals surface area contributed by atoms with Gasteiger partial charge < -0.3 is 16.0 Å². The van der Waals surface area contributed by atoms with Gasteiger partial charge in [0, 0.05) is 25.0 Å². The molecule has 22 heavy (non-hydrogen) atoms. The standard InChI is InChI=1S/C13H26N4O4S/c1-10(2)16-13(19)9-15-22(20,21)7-5-12(18)17-11-4-3-6-14-8-11/h10-11,14-15H,3-9H2,1-2H3,(H,16,19)(H,17,18)/t11-/m0/s1. The van der Waals surface area contributed by atoms with Crippen molar-refractivity contribution in [1.29, 1.82) is 0 Å². The van der Waals surface area contributed by atoms with Gasteiger partial charge in [-0.25, -0.2) is 13.1 Å². The van der Waals surface area contributed by atoms with Crippen LogP contribution in [0, 0.1) is 0 Å². The van der Waals surface area contributed by atoms with Crippen LogP contribution in [-0.4, -0.2) is 57.7 Å². The Morgan fingerprint density at radius 2 is 2.00 bits per heavy atom. The van der Waals surface area contributed by atoms with Crippen LogP contribution < -0.4 is 20.7 Å². The van der Waals surface area contributed by atoms with E-state index >= 15 is 0 Å². The Kier molecular flexibility index (Phi) is 7.77. The smallest absolute Gasteiger partial charge is 0.235 e. The molecule has 1 fully saturated rings. The summed E-state index contributed by atoms with van der Waals surface area (Å²) in [6.07, 6.45) is 1.78. The van der Waals surface area contributed by atoms with Gasteiger partial charge in [-0.1, -0.05) is 0 Å². The Hall–Kier alpha value is -1.19. The van der Waals surface area contributed by atoms with E-state index in [0.717, 1.165) is 19.4 Å². The second-order valence-corrected chi connectivity index (χ2v) is 7.65. The fraction of sp³-hybridized carbons (Fsp3) is 0.846. The van der Waals surface area contributed by atoms with E-state index in [1.54, 1.807) is 13.8 Å². The van der Waals surface area contributed by atoms with Crippen LogP contribution in [0.1, 0.15) is 33.1 Å². The molecule has 1 rings (SSSR count). The van der Waals surface area contributed by atoms with Gasteiger partial charge in [0.2, 0.25) is 21.8 Å². The third-order valence-electron chi connectivity index (χ3n) is 3.16. The minimum atomic E-state index is -3.64. The van der Waals surface area contributed by atoms with Crippen LogP contribution in [0.4, 0.5) is 0 Å². The van der Waals surface area contributed by atoms with Crippen LogP contribution in [0.2, 0.25) is 0 Å². The lowest BCUT2D eigenvalue weighted by molar-refractivity contribution is -0.121. The minimum Gasteiger partial charge on any atom is -0.353 e. The predicted molar refractivity (Wildman–Crippen MR) is 83.7 cm³/mol. The van der Waals surface area contributed by atoms with Crippen LogP contribution in [0.3, 0.4) is 0 Å². The molecule has 4 N–H and O–H groups in total. The van der Waals surface area contributed by atoms with Crippen molar-refractivity contribution in [2.75, 3.05) is 25.4 Å². The maximum Gasteiger partial charge on any atom is 0.235 e. The van der Waals surface area contributed by atoms with Crippen LogP contribution in [0.5, 0.6) is 0 Å². The first-order valence-corrected chi connectivity index (χ1v) is 9.20. The molecular weight excluding hydrogens is 308 g/mol. The van der Waals surface area contributed by atoms with Gasteiger partial charge in [-0.3, -0.25) is 9.59 Å². The van der Waals surface area contributed by atoms with Crippen molar-refractivity contribution in [2.24, 2.45) is 0 Å². The summed E-state index contributed by atoms with van der Waals surface area (Å²) in [5.74, 6) is -1.00. The van der Waals surface area contributed by atoms with E-state index in [1.807, 2.05) is 0 Å². The molecule has 0 radical (unpaired) electrons. The summed E-state index contributed by atoms with van der Waals surface area (Å²) in [7, 11) is -3.64. The number of piperidine rings is 1. The SMILES string of the molecule is CC(C)NC(=O)CNS(=O)(=O)CCC(=O)N[C@H]1CCCNC1. The van der Waals surface area contributed by atoms with E-state index in [-0.39, 0.29) is 36.7 Å². The van der Waals surface area contributed by atoms with E-state index in [2.05, 4.69) is 20.7 Å². The minimum absolute atomic E-state index is 0.0492. The van der Waals surface area contributed by atoms with E-state index in [0.29, 0.717) is 6.54 Å². The molecule has 0 saturated carbocycles. The summed E-state index contributed by atoms with van der Waals surface area (Å²) in [5.41, 5.74) is 0. The van der Waals surface area contributed by atoms with Crippen molar-refractivity contribution in [2.45, 2.75) is 45.2 Å². The average molecular weight is 334 g/mol. The highest BCUT2D eigenvalue weighted by Crippen LogP contribution is 2.01. The molecule has 0 aromatic carbocycles. The zero-order chi connectivity index (χ0) is 16.6. The normalized spacial score (nSPS) is 19.0. The monoisotopic (exact) mass is 334 g/mol. The molecule has 1 atom stereocenters. The summed E-state index contributed by atoms with van der Waals surface area (Å²) in [6, 6.07) is 0.0145. The first-order chi connectivity index (χ1) is 10.3. The molecule has 0 aliphatic carbocycles. The van der Waals surface area contributed by atoms with Crippen LogP contribution in [0.15, 0.2) is 0 Å². The Bertz CT molecular complexity index is 472. The summed E-state index contributed by atoms with van der Waals surface area (Å²) < 4.78 is 25.7. The van der Waals surface area contributed by atoms with Crippen LogP contribution in [-0.2, 0) is 19.6 Å². The fourth-order valence-electron chi connectivity index (χ4n) is 2.12. The molecule has 0 bridgehead atoms. The zero-order valence-corrected chi connectivity index (χ0v) is 14.0. The van der Waals surface area contributed by atoms with Crippen molar-refractivity contribution < 1.29 is 18.0 Å². The van der Waals surface area contributed by atoms with Gasteiger partial charge in [0.25, 0.3) is 0 Å². The Morgan fingerprint density at radius 1 is 1.27 bits per heavy atom. The second-order valence-electron chi connectivity index (χ2n) is 5.72. The highest BCUT2D eigenvalue weighted by molar-refractivity contribution is 7.89. The maximum atomic E-state index is 11.7. The average Bonchev–Trinajstić information content (AvgIpc) is 2.44. The van der Waals surface area contributed by atoms with Gasteiger partial charge in [-0.15, -0.1) is 0 Å². The highest BCUT2D eigenvalue weighted by atomic mass is 32.2. The fourth-order valence-corrected chi connectivity index (χ4v) is 3.07. The summed E-state index contributed by atoms with van der Waals surface area (Å²) in [4.78, 5) is 23.1. The lowest BCUT2D eigenvalue weighted by atomic mass is 10.1. The third kappa shape index (κ3) is 8.30. The molecule has 2 amide bonds. The molecule has 1 saturated heterocycles. The number of amides is 2. The van der Waals surface area contributed by atoms with Gasteiger partial charge in [0.1, 0.15) is 0 Å². The Morgan fingerprint density at radius 3 is 2.59 bits per heavy atom. The molecule has 1 aliphatic heterocycles. The molecule has 1 heterocycles. The third-order valence-corrected chi connectivity index (χ3v) is 4.49. The zero-order valence-electron chi connectivity index (χ0n) is 13.1. The van der Waals surface area contributed by atoms with Gasteiger partial charge >= 0.3 is 0 Å². The molecule has 0 aromatic rings. The highest BCUT2D eigenvalue weighted by Gasteiger charge is 2.18. The van der Waals surface area contributed by atoms with Gasteiger partial charge in [0.15, 0.2) is 0 Å². The van der Waals surface area contributed by atoms with E-state index < -0.39 is 15.9 Å². The van der Waals surface area contributed by atoms with Gasteiger partial charge in [-0.05, 0) is 33.2 Å². The van der Waals surface area contributed by atoms with E-state index in [1.165, 1.54) is 0 Å². The molecule has 128 valence electrons. The predicted octanol–water partition coefficient (Wildman–Crippen LogP) is -1.31. The molecule has 9 heteroatoms. The number of sulfonamides is 1. The van der Waals surface area contributed by atoms with E-state index in [9.17, 15) is 18.0 Å². The number of hydrogen-bond acceptors (Lipinski definition) is 5. The second kappa shape index (κ2) is 9.06. The van der Waals surface area contributed by atoms with Crippen LogP contribution >= 0.6 is 0 Å². The molecule has 0 spiro atoms.